The molecule has 1 aliphatic rings. The molecule has 0 aliphatic carbocycles. The molecule has 3 aromatic rings. The van der Waals surface area contributed by atoms with Gasteiger partial charge in [-0.1, -0.05) is 42.5 Å². The van der Waals surface area contributed by atoms with E-state index in [-0.39, 0.29) is 30.1 Å². The Labute approximate surface area is 195 Å². The van der Waals surface area contributed by atoms with Crippen LogP contribution in [0, 0.1) is 0 Å². The maximum Gasteiger partial charge on any atom is 0.194 e. The van der Waals surface area contributed by atoms with E-state index in [0.717, 1.165) is 60.7 Å². The van der Waals surface area contributed by atoms with Gasteiger partial charge in [-0.25, -0.2) is 4.99 Å². The first-order chi connectivity index (χ1) is 14.3. The highest BCUT2D eigenvalue weighted by molar-refractivity contribution is 14.0. The maximum atomic E-state index is 6.13. The number of nitrogens with zero attached hydrogens (tertiary/aromatic N) is 3. The van der Waals surface area contributed by atoms with Crippen LogP contribution in [0.4, 0.5) is 0 Å². The van der Waals surface area contributed by atoms with Crippen molar-refractivity contribution < 1.29 is 4.74 Å². The number of halogens is 1. The summed E-state index contributed by atoms with van der Waals surface area (Å²) in [6, 6.07) is 20.4. The van der Waals surface area contributed by atoms with Crippen molar-refractivity contribution in [3.05, 3.63) is 72.4 Å². The van der Waals surface area contributed by atoms with Gasteiger partial charge in [-0.2, -0.15) is 0 Å². The fourth-order valence-corrected chi connectivity index (χ4v) is 3.76. The lowest BCUT2D eigenvalue weighted by Gasteiger charge is -2.34. The minimum Gasteiger partial charge on any atom is -0.490 e. The van der Waals surface area contributed by atoms with Crippen molar-refractivity contribution >= 4 is 40.8 Å². The number of piperidine rings is 1. The highest BCUT2D eigenvalue weighted by Gasteiger charge is 2.22. The smallest absolute Gasteiger partial charge is 0.194 e. The quantitative estimate of drug-likeness (QED) is 0.299. The van der Waals surface area contributed by atoms with E-state index in [1.807, 2.05) is 42.6 Å². The van der Waals surface area contributed by atoms with Gasteiger partial charge in [0.1, 0.15) is 11.9 Å². The highest BCUT2D eigenvalue weighted by atomic mass is 127. The van der Waals surface area contributed by atoms with Crippen LogP contribution in [0.15, 0.2) is 71.9 Å². The number of benzene rings is 2. The van der Waals surface area contributed by atoms with Gasteiger partial charge in [0.2, 0.25) is 0 Å². The van der Waals surface area contributed by atoms with Crippen LogP contribution in [0.3, 0.4) is 0 Å². The normalized spacial score (nSPS) is 15.0. The largest absolute Gasteiger partial charge is 0.490 e. The van der Waals surface area contributed by atoms with Gasteiger partial charge in [-0.15, -0.1) is 24.0 Å². The second kappa shape index (κ2) is 11.2. The van der Waals surface area contributed by atoms with E-state index in [9.17, 15) is 0 Å². The maximum absolute atomic E-state index is 6.13. The Bertz CT molecular complexity index is 950. The number of rotatable bonds is 5. The average Bonchev–Trinajstić information content (AvgIpc) is 2.78. The van der Waals surface area contributed by atoms with Crippen molar-refractivity contribution in [3.8, 4) is 5.75 Å². The second-order valence-corrected chi connectivity index (χ2v) is 7.28. The second-order valence-electron chi connectivity index (χ2n) is 7.28. The molecule has 1 aliphatic heterocycles. The van der Waals surface area contributed by atoms with Crippen LogP contribution in [0.25, 0.3) is 10.9 Å². The third-order valence-corrected chi connectivity index (χ3v) is 5.24. The molecule has 0 spiro atoms. The number of hydrogen-bond acceptors (Lipinski definition) is 3. The molecule has 1 fully saturated rings. The number of aliphatic imine (C=N–C) groups is 1. The SMILES string of the molecule is CCNC(=NCc1cccc2cccnc12)N1CCC(Oc2ccccc2)CC1.I. The number of ether oxygens (including phenoxy) is 1. The number of pyridine rings is 1. The number of fused-ring (bicyclic) bond motifs is 1. The summed E-state index contributed by atoms with van der Waals surface area (Å²) >= 11 is 0. The van der Waals surface area contributed by atoms with Gasteiger partial charge in [0.15, 0.2) is 5.96 Å². The minimum absolute atomic E-state index is 0. The molecular formula is C24H29IN4O. The first-order valence-corrected chi connectivity index (χ1v) is 10.4. The summed E-state index contributed by atoms with van der Waals surface area (Å²) in [5, 5.41) is 4.61. The van der Waals surface area contributed by atoms with Crippen molar-refractivity contribution in [2.75, 3.05) is 19.6 Å². The molecule has 0 amide bonds. The molecule has 1 saturated heterocycles. The van der Waals surface area contributed by atoms with Crippen molar-refractivity contribution in [3.63, 3.8) is 0 Å². The number of hydrogen-bond donors (Lipinski definition) is 1. The van der Waals surface area contributed by atoms with Crippen LogP contribution in [-0.2, 0) is 6.54 Å². The van der Waals surface area contributed by atoms with Crippen molar-refractivity contribution in [2.45, 2.75) is 32.4 Å². The zero-order chi connectivity index (χ0) is 19.9. The number of likely N-dealkylation sites (tertiary alicyclic amines) is 1. The summed E-state index contributed by atoms with van der Waals surface area (Å²) in [5.74, 6) is 1.92. The molecule has 0 unspecified atom stereocenters. The van der Waals surface area contributed by atoms with E-state index in [2.05, 4.69) is 46.4 Å². The Hall–Kier alpha value is -2.35. The Morgan fingerprint density at radius 1 is 1.07 bits per heavy atom. The molecular weight excluding hydrogens is 487 g/mol. The predicted octanol–water partition coefficient (Wildman–Crippen LogP) is 4.86. The molecule has 158 valence electrons. The molecule has 0 bridgehead atoms. The minimum atomic E-state index is 0. The van der Waals surface area contributed by atoms with Crippen LogP contribution in [0.2, 0.25) is 0 Å². The van der Waals surface area contributed by atoms with Crippen LogP contribution >= 0.6 is 24.0 Å². The fraction of sp³-hybridized carbons (Fsp3) is 0.333. The monoisotopic (exact) mass is 516 g/mol. The van der Waals surface area contributed by atoms with Crippen LogP contribution < -0.4 is 10.1 Å². The molecule has 0 radical (unpaired) electrons. The summed E-state index contributed by atoms with van der Waals surface area (Å²) in [6.45, 7) is 5.47. The Kier molecular flexibility index (Phi) is 8.30. The van der Waals surface area contributed by atoms with Gasteiger partial charge >= 0.3 is 0 Å². The average molecular weight is 516 g/mol. The van der Waals surface area contributed by atoms with Crippen molar-refractivity contribution in [1.29, 1.82) is 0 Å². The Morgan fingerprint density at radius 2 is 1.83 bits per heavy atom. The Morgan fingerprint density at radius 3 is 2.60 bits per heavy atom. The lowest BCUT2D eigenvalue weighted by molar-refractivity contribution is 0.129. The topological polar surface area (TPSA) is 49.8 Å². The first kappa shape index (κ1) is 22.3. The summed E-state index contributed by atoms with van der Waals surface area (Å²) in [4.78, 5) is 11.8. The fourth-order valence-electron chi connectivity index (χ4n) is 3.76. The zero-order valence-electron chi connectivity index (χ0n) is 17.3. The molecule has 30 heavy (non-hydrogen) atoms. The summed E-state index contributed by atoms with van der Waals surface area (Å²) in [5.41, 5.74) is 2.19. The van der Waals surface area contributed by atoms with E-state index in [0.29, 0.717) is 6.54 Å². The Balaban J connectivity index is 0.00000256. The number of para-hydroxylation sites is 2. The molecule has 2 aromatic carbocycles. The lowest BCUT2D eigenvalue weighted by Crippen LogP contribution is -2.47. The highest BCUT2D eigenvalue weighted by Crippen LogP contribution is 2.20. The van der Waals surface area contributed by atoms with E-state index in [1.54, 1.807) is 0 Å². The third-order valence-electron chi connectivity index (χ3n) is 5.24. The molecule has 2 heterocycles. The van der Waals surface area contributed by atoms with Gasteiger partial charge in [-0.3, -0.25) is 4.98 Å². The molecule has 1 N–H and O–H groups in total. The molecule has 5 nitrogen and oxygen atoms in total. The van der Waals surface area contributed by atoms with Gasteiger partial charge in [-0.05, 0) is 30.7 Å². The van der Waals surface area contributed by atoms with E-state index >= 15 is 0 Å². The molecule has 4 rings (SSSR count). The van der Waals surface area contributed by atoms with Crippen LogP contribution in [0.5, 0.6) is 5.75 Å². The zero-order valence-corrected chi connectivity index (χ0v) is 19.7. The number of aromatic nitrogens is 1. The van der Waals surface area contributed by atoms with E-state index in [4.69, 9.17) is 9.73 Å². The van der Waals surface area contributed by atoms with E-state index in [1.165, 1.54) is 0 Å². The molecule has 1 aromatic heterocycles. The van der Waals surface area contributed by atoms with Gasteiger partial charge < -0.3 is 15.0 Å². The molecule has 0 atom stereocenters. The molecule has 0 saturated carbocycles. The summed E-state index contributed by atoms with van der Waals surface area (Å²) in [6.07, 6.45) is 4.10. The third kappa shape index (κ3) is 5.62. The molecule has 6 heteroatoms. The summed E-state index contributed by atoms with van der Waals surface area (Å²) < 4.78 is 6.13. The van der Waals surface area contributed by atoms with Crippen LogP contribution in [0.1, 0.15) is 25.3 Å². The lowest BCUT2D eigenvalue weighted by atomic mass is 10.1. The van der Waals surface area contributed by atoms with Gasteiger partial charge in [0.25, 0.3) is 0 Å². The van der Waals surface area contributed by atoms with Gasteiger partial charge in [0.05, 0.1) is 12.1 Å². The standard InChI is InChI=1S/C24H28N4O.HI/c1-2-25-24(27-18-20-9-6-8-19-10-7-15-26-23(19)20)28-16-13-22(14-17-28)29-21-11-4-3-5-12-21;/h3-12,15,22H,2,13-14,16-18H2,1H3,(H,25,27);1H. The first-order valence-electron chi connectivity index (χ1n) is 10.4. The predicted molar refractivity (Wildman–Crippen MR) is 134 cm³/mol. The van der Waals surface area contributed by atoms with Crippen molar-refractivity contribution in [1.82, 2.24) is 15.2 Å². The van der Waals surface area contributed by atoms with Crippen LogP contribution in [-0.4, -0.2) is 41.6 Å². The van der Waals surface area contributed by atoms with Crippen molar-refractivity contribution in [2.24, 2.45) is 4.99 Å². The van der Waals surface area contributed by atoms with Gasteiger partial charge in [0, 0.05) is 44.1 Å². The van der Waals surface area contributed by atoms with E-state index < -0.39 is 0 Å². The number of guanidine groups is 1. The summed E-state index contributed by atoms with van der Waals surface area (Å²) in [7, 11) is 0. The number of nitrogens with one attached hydrogen (secondary N) is 1.